The number of pyridine rings is 1. The average Bonchev–Trinajstić information content (AvgIpc) is 3.54. The number of halogens is 4. The van der Waals surface area contributed by atoms with Crippen LogP contribution < -0.4 is 15.6 Å². The van der Waals surface area contributed by atoms with E-state index in [2.05, 4.69) is 5.32 Å². The molecule has 1 saturated heterocycles. The molecule has 1 saturated carbocycles. The zero-order valence-electron chi connectivity index (χ0n) is 17.9. The highest BCUT2D eigenvalue weighted by Gasteiger charge is 2.35. The largest absolute Gasteiger partial charge is 0.477 e. The molecule has 178 valence electrons. The predicted molar refractivity (Wildman–Crippen MR) is 118 cm³/mol. The van der Waals surface area contributed by atoms with Crippen LogP contribution in [0.4, 0.5) is 23.2 Å². The van der Waals surface area contributed by atoms with Crippen LogP contribution in [0.1, 0.15) is 23.2 Å². The molecule has 5 rings (SSSR count). The summed E-state index contributed by atoms with van der Waals surface area (Å²) in [5.41, 5.74) is -1.82. The number of aromatic carboxylic acids is 1. The molecule has 1 aliphatic carbocycles. The molecule has 2 fully saturated rings. The van der Waals surface area contributed by atoms with Gasteiger partial charge in [0.1, 0.15) is 29.2 Å². The number of alkyl halides is 1. The van der Waals surface area contributed by atoms with Gasteiger partial charge in [-0.3, -0.25) is 4.79 Å². The third-order valence-electron chi connectivity index (χ3n) is 6.42. The van der Waals surface area contributed by atoms with Crippen molar-refractivity contribution in [1.29, 1.82) is 0 Å². The summed E-state index contributed by atoms with van der Waals surface area (Å²) in [6.45, 7) is 0.651. The predicted octanol–water partition coefficient (Wildman–Crippen LogP) is 3.63. The van der Waals surface area contributed by atoms with Gasteiger partial charge in [-0.15, -0.1) is 0 Å². The van der Waals surface area contributed by atoms with Crippen molar-refractivity contribution in [3.8, 4) is 5.69 Å². The molecule has 2 unspecified atom stereocenters. The monoisotopic (exact) mass is 475 g/mol. The quantitative estimate of drug-likeness (QED) is 0.533. The first-order valence-electron chi connectivity index (χ1n) is 10.9. The number of benzene rings is 2. The Morgan fingerprint density at radius 1 is 1.06 bits per heavy atom. The molecule has 1 aliphatic heterocycles. The van der Waals surface area contributed by atoms with Gasteiger partial charge < -0.3 is 19.9 Å². The van der Waals surface area contributed by atoms with E-state index in [0.29, 0.717) is 18.7 Å². The summed E-state index contributed by atoms with van der Waals surface area (Å²) in [6, 6.07) is 5.27. The first-order chi connectivity index (χ1) is 16.2. The van der Waals surface area contributed by atoms with Crippen molar-refractivity contribution in [2.24, 2.45) is 5.92 Å². The maximum Gasteiger partial charge on any atom is 0.341 e. The van der Waals surface area contributed by atoms with Crippen LogP contribution >= 0.6 is 0 Å². The van der Waals surface area contributed by atoms with Gasteiger partial charge >= 0.3 is 5.97 Å². The van der Waals surface area contributed by atoms with Gasteiger partial charge in [0, 0.05) is 49.2 Å². The number of carbonyl (C=O) groups is 1. The lowest BCUT2D eigenvalue weighted by Crippen LogP contribution is -2.30. The second-order valence-electron chi connectivity index (χ2n) is 8.83. The molecule has 1 aromatic heterocycles. The zero-order chi connectivity index (χ0) is 24.1. The molecule has 0 bridgehead atoms. The lowest BCUT2D eigenvalue weighted by atomic mass is 10.1. The van der Waals surface area contributed by atoms with Crippen molar-refractivity contribution < 1.29 is 27.5 Å². The Morgan fingerprint density at radius 2 is 1.79 bits per heavy atom. The van der Waals surface area contributed by atoms with E-state index < -0.39 is 40.6 Å². The van der Waals surface area contributed by atoms with Crippen LogP contribution in [-0.4, -0.2) is 47.5 Å². The van der Waals surface area contributed by atoms with Gasteiger partial charge in [0.25, 0.3) is 0 Å². The Balaban J connectivity index is 1.63. The topological polar surface area (TPSA) is 74.6 Å². The Labute approximate surface area is 191 Å². The molecule has 3 aromatic rings. The van der Waals surface area contributed by atoms with Crippen molar-refractivity contribution >= 4 is 22.6 Å². The van der Waals surface area contributed by atoms with Gasteiger partial charge in [-0.25, -0.2) is 22.4 Å². The van der Waals surface area contributed by atoms with Gasteiger partial charge in [0.2, 0.25) is 5.43 Å². The van der Waals surface area contributed by atoms with Gasteiger partial charge in [-0.05, 0) is 37.1 Å². The molecule has 2 atom stereocenters. The summed E-state index contributed by atoms with van der Waals surface area (Å²) < 4.78 is 59.0. The average molecular weight is 475 g/mol. The Bertz CT molecular complexity index is 1360. The van der Waals surface area contributed by atoms with Crippen molar-refractivity contribution in [2.75, 3.05) is 24.5 Å². The summed E-state index contributed by atoms with van der Waals surface area (Å²) in [5.74, 6) is -4.57. The van der Waals surface area contributed by atoms with Crippen LogP contribution in [0, 0.1) is 23.4 Å². The third kappa shape index (κ3) is 4.02. The summed E-state index contributed by atoms with van der Waals surface area (Å²) in [7, 11) is 0. The van der Waals surface area contributed by atoms with E-state index in [1.54, 1.807) is 0 Å². The number of nitrogens with one attached hydrogen (secondary N) is 1. The van der Waals surface area contributed by atoms with Crippen molar-refractivity contribution in [3.63, 3.8) is 0 Å². The maximum atomic E-state index is 15.1. The van der Waals surface area contributed by atoms with E-state index in [1.165, 1.54) is 11.0 Å². The Morgan fingerprint density at radius 3 is 2.47 bits per heavy atom. The van der Waals surface area contributed by atoms with Crippen LogP contribution in [0.3, 0.4) is 0 Å². The van der Waals surface area contributed by atoms with E-state index in [4.69, 9.17) is 0 Å². The molecule has 2 heterocycles. The minimum Gasteiger partial charge on any atom is -0.477 e. The van der Waals surface area contributed by atoms with E-state index in [9.17, 15) is 27.9 Å². The number of hydrogen-bond acceptors (Lipinski definition) is 4. The number of aromatic nitrogens is 1. The fourth-order valence-corrected chi connectivity index (χ4v) is 4.43. The van der Waals surface area contributed by atoms with E-state index in [0.717, 1.165) is 41.8 Å². The van der Waals surface area contributed by atoms with Gasteiger partial charge in [0.15, 0.2) is 0 Å². The normalized spacial score (nSPS) is 20.3. The van der Waals surface area contributed by atoms with Gasteiger partial charge in [-0.2, -0.15) is 0 Å². The number of carboxylic acids is 1. The fraction of sp³-hybridized carbons (Fsp3) is 0.333. The second-order valence-corrected chi connectivity index (χ2v) is 8.83. The van der Waals surface area contributed by atoms with Gasteiger partial charge in [-0.1, -0.05) is 0 Å². The lowest BCUT2D eigenvalue weighted by Gasteiger charge is -2.21. The first kappa shape index (κ1) is 22.4. The second kappa shape index (κ2) is 8.43. The highest BCUT2D eigenvalue weighted by atomic mass is 19.1. The smallest absolute Gasteiger partial charge is 0.341 e. The number of anilines is 1. The number of fused-ring (bicyclic) bond motifs is 1. The fourth-order valence-electron chi connectivity index (χ4n) is 4.43. The van der Waals surface area contributed by atoms with Crippen LogP contribution in [0.2, 0.25) is 0 Å². The highest BCUT2D eigenvalue weighted by Crippen LogP contribution is 2.32. The highest BCUT2D eigenvalue weighted by molar-refractivity contribution is 5.94. The molecule has 10 heteroatoms. The Hall–Kier alpha value is -3.40. The molecule has 0 radical (unpaired) electrons. The molecule has 0 amide bonds. The first-order valence-corrected chi connectivity index (χ1v) is 10.9. The zero-order valence-corrected chi connectivity index (χ0v) is 17.9. The van der Waals surface area contributed by atoms with Crippen LogP contribution in [0.5, 0.6) is 0 Å². The van der Waals surface area contributed by atoms with Crippen molar-refractivity contribution in [3.05, 3.63) is 69.8 Å². The SMILES string of the molecule is O=C(O)c1cn(-c2ccc(F)cc2F)c2cc(N3CC(F)C(CNC4CC4)C3)c(F)cc2c1=O. The number of carboxylic acid groups (broad SMARTS) is 1. The number of hydrogen-bond donors (Lipinski definition) is 2. The van der Waals surface area contributed by atoms with Crippen molar-refractivity contribution in [1.82, 2.24) is 9.88 Å². The minimum absolute atomic E-state index is 0.0165. The number of nitrogens with zero attached hydrogens (tertiary/aromatic N) is 2. The summed E-state index contributed by atoms with van der Waals surface area (Å²) in [6.07, 6.45) is 1.85. The van der Waals surface area contributed by atoms with Crippen molar-refractivity contribution in [2.45, 2.75) is 25.1 Å². The summed E-state index contributed by atoms with van der Waals surface area (Å²) in [4.78, 5) is 25.9. The van der Waals surface area contributed by atoms with E-state index in [1.807, 2.05) is 0 Å². The lowest BCUT2D eigenvalue weighted by molar-refractivity contribution is 0.0695. The summed E-state index contributed by atoms with van der Waals surface area (Å²) in [5, 5.41) is 12.4. The molecule has 2 aromatic carbocycles. The molecule has 34 heavy (non-hydrogen) atoms. The van der Waals surface area contributed by atoms with E-state index >= 15 is 4.39 Å². The maximum absolute atomic E-state index is 15.1. The Kier molecular flexibility index (Phi) is 5.55. The number of rotatable bonds is 6. The molecule has 2 N–H and O–H groups in total. The molecule has 6 nitrogen and oxygen atoms in total. The van der Waals surface area contributed by atoms with Gasteiger partial charge in [0.05, 0.1) is 16.9 Å². The molecular weight excluding hydrogens is 454 g/mol. The minimum atomic E-state index is -1.57. The standard InChI is InChI=1S/C24H21F4N3O3/c25-13-1-4-20(17(26)5-13)31-10-16(24(33)34)23(32)15-6-18(27)22(7-21(15)31)30-9-12(19(28)11-30)8-29-14-2-3-14/h1,4-7,10,12,14,19,29H,2-3,8-9,11H2,(H,33,34). The molecule has 0 spiro atoms. The summed E-state index contributed by atoms with van der Waals surface area (Å²) >= 11 is 0. The third-order valence-corrected chi connectivity index (χ3v) is 6.42. The molecule has 2 aliphatic rings. The van der Waals surface area contributed by atoms with Crippen LogP contribution in [-0.2, 0) is 0 Å². The van der Waals surface area contributed by atoms with E-state index in [-0.39, 0.29) is 41.3 Å². The molecular formula is C24H21F4N3O3. The van der Waals surface area contributed by atoms with Crippen LogP contribution in [0.25, 0.3) is 16.6 Å². The van der Waals surface area contributed by atoms with Crippen LogP contribution in [0.15, 0.2) is 41.3 Å².